The monoisotopic (exact) mass is 344 g/mol. The number of benzene rings is 1. The smallest absolute Gasteiger partial charge is 0.199 e. The zero-order chi connectivity index (χ0) is 17.1. The lowest BCUT2D eigenvalue weighted by atomic mass is 10.2. The summed E-state index contributed by atoms with van der Waals surface area (Å²) in [4.78, 5) is 16.2. The molecule has 8 heteroatoms. The summed E-state index contributed by atoms with van der Waals surface area (Å²) in [5.41, 5.74) is 9.34. The summed E-state index contributed by atoms with van der Waals surface area (Å²) in [5, 5.41) is 13.0. The number of fused-ring (bicyclic) bond motifs is 1. The van der Waals surface area contributed by atoms with Gasteiger partial charge in [0.25, 0.3) is 0 Å². The van der Waals surface area contributed by atoms with Crippen molar-refractivity contribution < 1.29 is 5.11 Å². The molecule has 0 aliphatic rings. The molecule has 0 saturated carbocycles. The Morgan fingerprint density at radius 3 is 2.92 bits per heavy atom. The number of hydrogen-bond donors (Lipinski definition) is 4. The van der Waals surface area contributed by atoms with Crippen LogP contribution in [-0.2, 0) is 5.75 Å². The molecule has 0 saturated heterocycles. The first-order valence-corrected chi connectivity index (χ1v) is 8.62. The van der Waals surface area contributed by atoms with Crippen LogP contribution in [0.4, 0.5) is 11.8 Å². The number of aromatic amines is 1. The summed E-state index contributed by atoms with van der Waals surface area (Å²) in [7, 11) is 0. The van der Waals surface area contributed by atoms with Crippen LogP contribution >= 0.6 is 11.8 Å². The largest absolute Gasteiger partial charge is 0.394 e. The maximum atomic E-state index is 9.26. The van der Waals surface area contributed by atoms with Gasteiger partial charge in [0.2, 0.25) is 0 Å². The number of H-pyrrole nitrogens is 1. The van der Waals surface area contributed by atoms with E-state index in [0.29, 0.717) is 28.1 Å². The van der Waals surface area contributed by atoms with E-state index in [2.05, 4.69) is 50.4 Å². The number of aromatic nitrogens is 4. The van der Waals surface area contributed by atoms with Crippen molar-refractivity contribution in [2.75, 3.05) is 17.7 Å². The molecule has 1 atom stereocenters. The molecular weight excluding hydrogens is 324 g/mol. The highest BCUT2D eigenvalue weighted by Gasteiger charge is 2.14. The summed E-state index contributed by atoms with van der Waals surface area (Å²) in [5.74, 6) is 1.63. The third kappa shape index (κ3) is 3.77. The van der Waals surface area contributed by atoms with Gasteiger partial charge in [-0.05, 0) is 19.4 Å². The second kappa shape index (κ2) is 7.06. The number of anilines is 2. The Morgan fingerprint density at radius 1 is 1.33 bits per heavy atom. The number of nitrogen functional groups attached to an aromatic ring is 1. The molecule has 126 valence electrons. The van der Waals surface area contributed by atoms with Gasteiger partial charge in [0.05, 0.1) is 6.61 Å². The van der Waals surface area contributed by atoms with E-state index < -0.39 is 0 Å². The third-order valence-electron chi connectivity index (χ3n) is 3.45. The molecule has 24 heavy (non-hydrogen) atoms. The second-order valence-corrected chi connectivity index (χ2v) is 6.62. The van der Waals surface area contributed by atoms with E-state index in [1.165, 1.54) is 11.1 Å². The summed E-state index contributed by atoms with van der Waals surface area (Å²) in [6.07, 6.45) is 0. The van der Waals surface area contributed by atoms with Crippen LogP contribution in [0.25, 0.3) is 11.2 Å². The van der Waals surface area contributed by atoms with Gasteiger partial charge in [-0.2, -0.15) is 0 Å². The lowest BCUT2D eigenvalue weighted by Crippen LogP contribution is -2.20. The number of rotatable bonds is 6. The fourth-order valence-corrected chi connectivity index (χ4v) is 3.08. The van der Waals surface area contributed by atoms with Crippen molar-refractivity contribution in [3.8, 4) is 0 Å². The third-order valence-corrected chi connectivity index (χ3v) is 4.37. The molecule has 0 radical (unpaired) electrons. The van der Waals surface area contributed by atoms with Gasteiger partial charge in [-0.15, -0.1) is 0 Å². The molecule has 0 bridgehead atoms. The lowest BCUT2D eigenvalue weighted by Gasteiger charge is -2.12. The van der Waals surface area contributed by atoms with Crippen molar-refractivity contribution >= 4 is 34.7 Å². The van der Waals surface area contributed by atoms with E-state index in [1.807, 2.05) is 13.0 Å². The molecule has 3 aromatic rings. The maximum absolute atomic E-state index is 9.26. The molecule has 2 aromatic heterocycles. The molecule has 0 amide bonds. The molecule has 3 rings (SSSR count). The molecule has 0 aliphatic carbocycles. The van der Waals surface area contributed by atoms with Crippen LogP contribution in [0.3, 0.4) is 0 Å². The first-order chi connectivity index (χ1) is 11.5. The fraction of sp³-hybridized carbons (Fsp3) is 0.312. The topological polar surface area (TPSA) is 113 Å². The number of nitrogens with one attached hydrogen (secondary N) is 2. The Kier molecular flexibility index (Phi) is 4.86. The van der Waals surface area contributed by atoms with Crippen molar-refractivity contribution in [1.29, 1.82) is 0 Å². The SMILES string of the molecule is Cc1cccc(CSc2nc(NC(C)CO)c3nc(N)[nH]c3n2)c1. The molecule has 1 aromatic carbocycles. The van der Waals surface area contributed by atoms with E-state index in [9.17, 15) is 5.11 Å². The predicted octanol–water partition coefficient (Wildman–Crippen LogP) is 2.33. The average molecular weight is 344 g/mol. The Balaban J connectivity index is 1.87. The quantitative estimate of drug-likeness (QED) is 0.401. The number of thioether (sulfide) groups is 1. The number of aliphatic hydroxyl groups excluding tert-OH is 1. The Morgan fingerprint density at radius 2 is 2.17 bits per heavy atom. The number of nitrogens with two attached hydrogens (primary N) is 1. The van der Waals surface area contributed by atoms with Gasteiger partial charge in [-0.3, -0.25) is 0 Å². The molecular formula is C16H20N6OS. The summed E-state index contributed by atoms with van der Waals surface area (Å²) >= 11 is 1.54. The van der Waals surface area contributed by atoms with E-state index in [1.54, 1.807) is 11.8 Å². The van der Waals surface area contributed by atoms with Gasteiger partial charge in [-0.25, -0.2) is 15.0 Å². The lowest BCUT2D eigenvalue weighted by molar-refractivity contribution is 0.281. The average Bonchev–Trinajstić information content (AvgIpc) is 2.93. The van der Waals surface area contributed by atoms with Crippen molar-refractivity contribution in [3.05, 3.63) is 35.4 Å². The number of aryl methyl sites for hydroxylation is 1. The highest BCUT2D eigenvalue weighted by molar-refractivity contribution is 7.98. The highest BCUT2D eigenvalue weighted by atomic mass is 32.2. The highest BCUT2D eigenvalue weighted by Crippen LogP contribution is 2.26. The molecule has 0 spiro atoms. The summed E-state index contributed by atoms with van der Waals surface area (Å²) in [6.45, 7) is 3.93. The Bertz CT molecular complexity index is 850. The van der Waals surface area contributed by atoms with Crippen LogP contribution in [-0.4, -0.2) is 37.7 Å². The number of aliphatic hydroxyl groups is 1. The Hall–Kier alpha value is -2.32. The molecule has 0 fully saturated rings. The minimum atomic E-state index is -0.143. The van der Waals surface area contributed by atoms with Crippen molar-refractivity contribution in [2.45, 2.75) is 30.8 Å². The predicted molar refractivity (Wildman–Crippen MR) is 97.0 cm³/mol. The van der Waals surface area contributed by atoms with Gasteiger partial charge >= 0.3 is 0 Å². The van der Waals surface area contributed by atoms with Crippen LogP contribution in [0.2, 0.25) is 0 Å². The van der Waals surface area contributed by atoms with E-state index in [-0.39, 0.29) is 12.6 Å². The summed E-state index contributed by atoms with van der Waals surface area (Å²) in [6, 6.07) is 8.20. The zero-order valence-electron chi connectivity index (χ0n) is 13.6. The molecule has 0 aliphatic heterocycles. The first-order valence-electron chi connectivity index (χ1n) is 7.64. The normalized spacial score (nSPS) is 12.5. The van der Waals surface area contributed by atoms with Crippen LogP contribution in [0.5, 0.6) is 0 Å². The molecule has 1 unspecified atom stereocenters. The van der Waals surface area contributed by atoms with Crippen molar-refractivity contribution in [2.24, 2.45) is 0 Å². The second-order valence-electron chi connectivity index (χ2n) is 5.68. The fourth-order valence-electron chi connectivity index (χ4n) is 2.29. The van der Waals surface area contributed by atoms with E-state index in [0.717, 1.165) is 5.75 Å². The van der Waals surface area contributed by atoms with Gasteiger partial charge in [-0.1, -0.05) is 41.6 Å². The summed E-state index contributed by atoms with van der Waals surface area (Å²) < 4.78 is 0. The molecule has 2 heterocycles. The first kappa shape index (κ1) is 16.5. The van der Waals surface area contributed by atoms with Crippen molar-refractivity contribution in [1.82, 2.24) is 19.9 Å². The minimum absolute atomic E-state index is 0.00281. The Labute approximate surface area is 144 Å². The van der Waals surface area contributed by atoms with Crippen LogP contribution in [0.15, 0.2) is 29.4 Å². The van der Waals surface area contributed by atoms with E-state index in [4.69, 9.17) is 5.73 Å². The molecule has 5 N–H and O–H groups in total. The van der Waals surface area contributed by atoms with Gasteiger partial charge in [0, 0.05) is 11.8 Å². The van der Waals surface area contributed by atoms with Crippen LogP contribution in [0.1, 0.15) is 18.1 Å². The number of hydrogen-bond acceptors (Lipinski definition) is 7. The van der Waals surface area contributed by atoms with Crippen LogP contribution in [0, 0.1) is 6.92 Å². The number of imidazole rings is 1. The minimum Gasteiger partial charge on any atom is -0.394 e. The maximum Gasteiger partial charge on any atom is 0.199 e. The molecule has 7 nitrogen and oxygen atoms in total. The van der Waals surface area contributed by atoms with Crippen LogP contribution < -0.4 is 11.1 Å². The van der Waals surface area contributed by atoms with Gasteiger partial charge < -0.3 is 21.1 Å². The van der Waals surface area contributed by atoms with Gasteiger partial charge in [0.15, 0.2) is 28.1 Å². The van der Waals surface area contributed by atoms with Gasteiger partial charge in [0.1, 0.15) is 0 Å². The number of nitrogens with zero attached hydrogens (tertiary/aromatic N) is 3. The standard InChI is InChI=1S/C16H20N6OS/c1-9-4-3-5-11(6-9)8-24-16-21-13(18-10(2)7-23)12-14(22-16)20-15(17)19-12/h3-6,10,23H,7-8H2,1-2H3,(H4,17,18,19,20,21,22). The zero-order valence-corrected chi connectivity index (χ0v) is 14.4. The van der Waals surface area contributed by atoms with Crippen molar-refractivity contribution in [3.63, 3.8) is 0 Å². The van der Waals surface area contributed by atoms with E-state index >= 15 is 0 Å².